The molecule has 0 radical (unpaired) electrons. The number of amidine groups is 1. The number of rotatable bonds is 4. The van der Waals surface area contributed by atoms with Crippen LogP contribution in [0.5, 0.6) is 5.75 Å². The second-order valence-electron chi connectivity index (χ2n) is 8.84. The van der Waals surface area contributed by atoms with Crippen molar-refractivity contribution in [3.63, 3.8) is 0 Å². The molecule has 4 rings (SSSR count). The highest BCUT2D eigenvalue weighted by molar-refractivity contribution is 8.15. The number of carbonyl (C=O) groups is 3. The van der Waals surface area contributed by atoms with Crippen molar-refractivity contribution in [2.75, 3.05) is 4.90 Å². The van der Waals surface area contributed by atoms with Gasteiger partial charge in [0, 0.05) is 19.4 Å². The molecule has 0 bridgehead atoms. The average Bonchev–Trinajstić information content (AvgIpc) is 3.21. The first-order valence-electron chi connectivity index (χ1n) is 11.1. The van der Waals surface area contributed by atoms with E-state index in [0.29, 0.717) is 12.1 Å². The number of hydrazone groups is 1. The summed E-state index contributed by atoms with van der Waals surface area (Å²) < 4.78 is 5.73. The van der Waals surface area contributed by atoms with Gasteiger partial charge in [-0.1, -0.05) is 29.8 Å². The van der Waals surface area contributed by atoms with Gasteiger partial charge in [0.05, 0.1) is 18.3 Å². The standard InChI is InChI=1S/C25H28N4O4S/c1-14(2)33-20-9-7-19(8-10-20)13-28-22-16(4)11-15(3)12-21(22)25(23(28)32)29(18(6)31)27-24(34-25)26-17(5)30/h7-12,14H,13H2,1-6H3,(H,26,27,30)/t25-/m0/s1. The van der Waals surface area contributed by atoms with Crippen LogP contribution < -0.4 is 15.0 Å². The molecule has 2 aliphatic heterocycles. The number of thioether (sulfide) groups is 1. The summed E-state index contributed by atoms with van der Waals surface area (Å²) >= 11 is 1.09. The fraction of sp³-hybridized carbons (Fsp3) is 0.360. The molecule has 8 nitrogen and oxygen atoms in total. The lowest BCUT2D eigenvalue weighted by Crippen LogP contribution is -2.48. The molecule has 2 aliphatic rings. The molecule has 178 valence electrons. The highest BCUT2D eigenvalue weighted by atomic mass is 32.2. The quantitative estimate of drug-likeness (QED) is 0.719. The van der Waals surface area contributed by atoms with Crippen LogP contribution in [0, 0.1) is 13.8 Å². The van der Waals surface area contributed by atoms with E-state index in [9.17, 15) is 14.4 Å². The van der Waals surface area contributed by atoms with Gasteiger partial charge in [0.2, 0.25) is 16.7 Å². The van der Waals surface area contributed by atoms with Gasteiger partial charge in [-0.3, -0.25) is 14.4 Å². The highest BCUT2D eigenvalue weighted by Gasteiger charge is 2.61. The number of aryl methyl sites for hydroxylation is 2. The van der Waals surface area contributed by atoms with E-state index in [1.165, 1.54) is 18.9 Å². The van der Waals surface area contributed by atoms with Crippen LogP contribution in [0.15, 0.2) is 41.5 Å². The number of amides is 3. The third-order valence-corrected chi connectivity index (χ3v) is 6.81. The van der Waals surface area contributed by atoms with E-state index in [-0.39, 0.29) is 29.0 Å². The summed E-state index contributed by atoms with van der Waals surface area (Å²) in [6, 6.07) is 11.6. The van der Waals surface area contributed by atoms with E-state index in [1.54, 1.807) is 4.90 Å². The summed E-state index contributed by atoms with van der Waals surface area (Å²) in [4.78, 5) is 38.8. The van der Waals surface area contributed by atoms with Gasteiger partial charge < -0.3 is 15.0 Å². The number of hydrogen-bond donors (Lipinski definition) is 1. The number of ether oxygens (including phenoxy) is 1. The van der Waals surface area contributed by atoms with Crippen molar-refractivity contribution in [3.8, 4) is 5.75 Å². The summed E-state index contributed by atoms with van der Waals surface area (Å²) in [5.41, 5.74) is 4.28. The first kappa shape index (κ1) is 23.8. The number of nitrogens with zero attached hydrogens (tertiary/aromatic N) is 3. The smallest absolute Gasteiger partial charge is 0.271 e. The molecule has 2 heterocycles. The van der Waals surface area contributed by atoms with E-state index < -0.39 is 4.87 Å². The Kier molecular flexibility index (Phi) is 6.16. The predicted octanol–water partition coefficient (Wildman–Crippen LogP) is 3.79. The predicted molar refractivity (Wildman–Crippen MR) is 132 cm³/mol. The zero-order valence-electron chi connectivity index (χ0n) is 20.1. The maximum Gasteiger partial charge on any atom is 0.271 e. The van der Waals surface area contributed by atoms with Crippen LogP contribution in [-0.4, -0.2) is 34.0 Å². The molecule has 0 unspecified atom stereocenters. The molecule has 34 heavy (non-hydrogen) atoms. The van der Waals surface area contributed by atoms with Crippen molar-refractivity contribution in [2.45, 2.75) is 59.1 Å². The van der Waals surface area contributed by atoms with Gasteiger partial charge in [-0.2, -0.15) is 5.01 Å². The second-order valence-corrected chi connectivity index (χ2v) is 10.0. The van der Waals surface area contributed by atoms with Gasteiger partial charge in [0.1, 0.15) is 5.75 Å². The lowest BCUT2D eigenvalue weighted by atomic mass is 10.0. The van der Waals surface area contributed by atoms with Crippen molar-refractivity contribution in [1.82, 2.24) is 10.3 Å². The molecule has 3 amide bonds. The zero-order chi connectivity index (χ0) is 24.8. The Morgan fingerprint density at radius 2 is 1.82 bits per heavy atom. The lowest BCUT2D eigenvalue weighted by Gasteiger charge is -2.29. The van der Waals surface area contributed by atoms with Crippen LogP contribution >= 0.6 is 11.8 Å². The van der Waals surface area contributed by atoms with Crippen molar-refractivity contribution < 1.29 is 19.1 Å². The van der Waals surface area contributed by atoms with Gasteiger partial charge in [-0.15, -0.1) is 5.10 Å². The monoisotopic (exact) mass is 480 g/mol. The molecule has 9 heteroatoms. The Hall–Kier alpha value is -3.33. The van der Waals surface area contributed by atoms with Crippen LogP contribution in [0.1, 0.15) is 49.9 Å². The minimum absolute atomic E-state index is 0.0680. The van der Waals surface area contributed by atoms with Gasteiger partial charge in [-0.05, 0) is 62.7 Å². The van der Waals surface area contributed by atoms with Crippen LogP contribution in [0.2, 0.25) is 0 Å². The van der Waals surface area contributed by atoms with Crippen LogP contribution in [-0.2, 0) is 25.8 Å². The summed E-state index contributed by atoms with van der Waals surface area (Å²) in [5.74, 6) is -0.220. The molecule has 2 aromatic carbocycles. The highest BCUT2D eigenvalue weighted by Crippen LogP contribution is 2.55. The van der Waals surface area contributed by atoms with Crippen LogP contribution in [0.3, 0.4) is 0 Å². The summed E-state index contributed by atoms with van der Waals surface area (Å²) in [6.07, 6.45) is 0.0680. The molecule has 0 aromatic heterocycles. The van der Waals surface area contributed by atoms with E-state index in [4.69, 9.17) is 4.74 Å². The number of carbonyl (C=O) groups excluding carboxylic acids is 3. The Balaban J connectivity index is 1.78. The molecular weight excluding hydrogens is 452 g/mol. The maximum absolute atomic E-state index is 14.1. The summed E-state index contributed by atoms with van der Waals surface area (Å²) in [7, 11) is 0. The van der Waals surface area contributed by atoms with Crippen molar-refractivity contribution in [2.24, 2.45) is 5.10 Å². The first-order valence-corrected chi connectivity index (χ1v) is 11.9. The fourth-order valence-corrected chi connectivity index (χ4v) is 5.73. The Labute approximate surface area is 203 Å². The molecule has 0 saturated heterocycles. The third kappa shape index (κ3) is 4.04. The third-order valence-electron chi connectivity index (χ3n) is 5.57. The topological polar surface area (TPSA) is 91.3 Å². The van der Waals surface area contributed by atoms with E-state index in [1.807, 2.05) is 64.1 Å². The van der Waals surface area contributed by atoms with E-state index in [0.717, 1.165) is 39.9 Å². The SMILES string of the molecule is CC(=O)NC1=NN(C(C)=O)[C@@]2(S1)C(=O)N(Cc1ccc(OC(C)C)cc1)c1c(C)cc(C)cc12. The Morgan fingerprint density at radius 1 is 1.15 bits per heavy atom. The Morgan fingerprint density at radius 3 is 2.41 bits per heavy atom. The largest absolute Gasteiger partial charge is 0.491 e. The van der Waals surface area contributed by atoms with E-state index in [2.05, 4.69) is 10.4 Å². The first-order chi connectivity index (χ1) is 16.0. The van der Waals surface area contributed by atoms with Crippen LogP contribution in [0.4, 0.5) is 5.69 Å². The number of nitrogens with one attached hydrogen (secondary N) is 1. The minimum Gasteiger partial charge on any atom is -0.491 e. The van der Waals surface area contributed by atoms with Gasteiger partial charge >= 0.3 is 0 Å². The summed E-state index contributed by atoms with van der Waals surface area (Å²) in [6.45, 7) is 10.9. The molecule has 1 spiro atoms. The fourth-order valence-electron chi connectivity index (χ4n) is 4.42. The molecule has 0 saturated carbocycles. The lowest BCUT2D eigenvalue weighted by molar-refractivity contribution is -0.139. The number of benzene rings is 2. The number of anilines is 1. The van der Waals surface area contributed by atoms with Gasteiger partial charge in [-0.25, -0.2) is 0 Å². The molecule has 1 atom stereocenters. The maximum atomic E-state index is 14.1. The van der Waals surface area contributed by atoms with E-state index >= 15 is 0 Å². The molecule has 2 aromatic rings. The number of fused-ring (bicyclic) bond motifs is 2. The normalized spacial score (nSPS) is 19.0. The van der Waals surface area contributed by atoms with Crippen molar-refractivity contribution in [1.29, 1.82) is 0 Å². The summed E-state index contributed by atoms with van der Waals surface area (Å²) in [5, 5.41) is 8.38. The van der Waals surface area contributed by atoms with Gasteiger partial charge in [0.25, 0.3) is 5.91 Å². The second kappa shape index (κ2) is 8.79. The van der Waals surface area contributed by atoms with Gasteiger partial charge in [0.15, 0.2) is 5.17 Å². The number of hydrogen-bond acceptors (Lipinski definition) is 6. The molecule has 0 fully saturated rings. The Bertz CT molecular complexity index is 1210. The molecular formula is C25H28N4O4S. The molecule has 1 N–H and O–H groups in total. The van der Waals surface area contributed by atoms with Crippen molar-refractivity contribution in [3.05, 3.63) is 58.7 Å². The minimum atomic E-state index is -1.41. The average molecular weight is 481 g/mol. The van der Waals surface area contributed by atoms with Crippen molar-refractivity contribution >= 4 is 40.3 Å². The molecule has 0 aliphatic carbocycles. The zero-order valence-corrected chi connectivity index (χ0v) is 20.9. The van der Waals surface area contributed by atoms with Crippen LogP contribution in [0.25, 0.3) is 0 Å².